The van der Waals surface area contributed by atoms with Crippen LogP contribution < -0.4 is 16.6 Å². The summed E-state index contributed by atoms with van der Waals surface area (Å²) in [4.78, 5) is 21.7. The van der Waals surface area contributed by atoms with E-state index in [0.717, 1.165) is 6.20 Å². The summed E-state index contributed by atoms with van der Waals surface area (Å²) in [5, 5.41) is 17.2. The zero-order valence-electron chi connectivity index (χ0n) is 9.82. The topological polar surface area (TPSA) is 158 Å². The van der Waals surface area contributed by atoms with E-state index >= 15 is 0 Å². The predicted octanol–water partition coefficient (Wildman–Crippen LogP) is -0.0261. The first-order valence-corrected chi connectivity index (χ1v) is 5.11. The molecule has 2 heterocycles. The minimum absolute atomic E-state index is 0.00963. The average Bonchev–Trinajstić information content (AvgIpc) is 2.81. The van der Waals surface area contributed by atoms with Crippen LogP contribution in [0.4, 0.5) is 17.5 Å². The van der Waals surface area contributed by atoms with Gasteiger partial charge in [0.05, 0.1) is 11.5 Å². The molecule has 0 atom stereocenters. The van der Waals surface area contributed by atoms with Gasteiger partial charge in [0, 0.05) is 6.92 Å². The molecule has 0 saturated carbocycles. The Morgan fingerprint density at radius 1 is 1.53 bits per heavy atom. The molecule has 11 heteroatoms. The standard InChI is InChI=1S/C8H10N8O3/c1-4-12-6(15-19-4)3-10-7-5(16(17)18)2-11-8(13-7)14-9/h2H,3,9H2,1H3,(H2,10,11,13,14). The number of aromatic nitrogens is 4. The molecule has 0 aliphatic heterocycles. The Morgan fingerprint density at radius 2 is 2.32 bits per heavy atom. The Kier molecular flexibility index (Phi) is 3.47. The fourth-order valence-electron chi connectivity index (χ4n) is 1.28. The first kappa shape index (κ1) is 12.6. The molecule has 11 nitrogen and oxygen atoms in total. The fourth-order valence-corrected chi connectivity index (χ4v) is 1.28. The highest BCUT2D eigenvalue weighted by molar-refractivity contribution is 5.56. The number of nitrogens with two attached hydrogens (primary N) is 1. The lowest BCUT2D eigenvalue weighted by molar-refractivity contribution is -0.384. The van der Waals surface area contributed by atoms with Gasteiger partial charge < -0.3 is 9.84 Å². The molecule has 4 N–H and O–H groups in total. The number of nitrogen functional groups attached to an aromatic ring is 1. The number of anilines is 2. The SMILES string of the molecule is Cc1nc(CNc2nc(NN)ncc2[N+](=O)[O-])no1. The van der Waals surface area contributed by atoms with Crippen LogP contribution in [-0.2, 0) is 6.54 Å². The molecule has 100 valence electrons. The van der Waals surface area contributed by atoms with Gasteiger partial charge in [0.1, 0.15) is 6.20 Å². The third-order valence-electron chi connectivity index (χ3n) is 2.08. The van der Waals surface area contributed by atoms with E-state index in [-0.39, 0.29) is 24.0 Å². The average molecular weight is 266 g/mol. The van der Waals surface area contributed by atoms with Gasteiger partial charge in [0.2, 0.25) is 17.7 Å². The molecule has 0 aromatic carbocycles. The van der Waals surface area contributed by atoms with E-state index in [4.69, 9.17) is 10.4 Å². The Bertz CT molecular complexity index is 597. The zero-order chi connectivity index (χ0) is 13.8. The fraction of sp³-hybridized carbons (Fsp3) is 0.250. The molecular formula is C8H10N8O3. The van der Waals surface area contributed by atoms with Crippen molar-refractivity contribution in [3.05, 3.63) is 28.0 Å². The molecule has 19 heavy (non-hydrogen) atoms. The number of hydrogen-bond donors (Lipinski definition) is 3. The van der Waals surface area contributed by atoms with Crippen LogP contribution in [0.1, 0.15) is 11.7 Å². The van der Waals surface area contributed by atoms with E-state index in [2.05, 4.69) is 30.9 Å². The third-order valence-corrected chi connectivity index (χ3v) is 2.08. The van der Waals surface area contributed by atoms with Gasteiger partial charge in [0.25, 0.3) is 0 Å². The van der Waals surface area contributed by atoms with Crippen molar-refractivity contribution in [1.82, 2.24) is 20.1 Å². The van der Waals surface area contributed by atoms with Crippen molar-refractivity contribution >= 4 is 17.5 Å². The van der Waals surface area contributed by atoms with E-state index in [1.807, 2.05) is 0 Å². The molecule has 0 saturated heterocycles. The zero-order valence-corrected chi connectivity index (χ0v) is 9.82. The van der Waals surface area contributed by atoms with Crippen LogP contribution in [0.25, 0.3) is 0 Å². The number of hydrazine groups is 1. The van der Waals surface area contributed by atoms with Crippen molar-refractivity contribution in [3.63, 3.8) is 0 Å². The van der Waals surface area contributed by atoms with Gasteiger partial charge in [-0.1, -0.05) is 5.16 Å². The number of rotatable bonds is 5. The summed E-state index contributed by atoms with van der Waals surface area (Å²) in [6, 6.07) is 0. The predicted molar refractivity (Wildman–Crippen MR) is 62.9 cm³/mol. The lowest BCUT2D eigenvalue weighted by Gasteiger charge is -2.05. The molecule has 0 spiro atoms. The summed E-state index contributed by atoms with van der Waals surface area (Å²) in [6.07, 6.45) is 1.05. The lowest BCUT2D eigenvalue weighted by Crippen LogP contribution is -2.13. The van der Waals surface area contributed by atoms with Crippen molar-refractivity contribution < 1.29 is 9.45 Å². The summed E-state index contributed by atoms with van der Waals surface area (Å²) < 4.78 is 4.78. The second kappa shape index (κ2) is 5.22. The molecular weight excluding hydrogens is 256 g/mol. The van der Waals surface area contributed by atoms with Crippen LogP contribution in [0.2, 0.25) is 0 Å². The molecule has 2 rings (SSSR count). The number of aryl methyl sites for hydroxylation is 1. The smallest absolute Gasteiger partial charge is 0.329 e. The number of hydrogen-bond acceptors (Lipinski definition) is 10. The van der Waals surface area contributed by atoms with Gasteiger partial charge in [-0.15, -0.1) is 0 Å². The van der Waals surface area contributed by atoms with E-state index < -0.39 is 4.92 Å². The Labute approximate surface area is 106 Å². The highest BCUT2D eigenvalue weighted by Crippen LogP contribution is 2.21. The minimum atomic E-state index is -0.607. The first-order valence-electron chi connectivity index (χ1n) is 5.11. The quantitative estimate of drug-likeness (QED) is 0.381. The molecule has 2 aromatic rings. The maximum atomic E-state index is 10.8. The molecule has 2 aromatic heterocycles. The summed E-state index contributed by atoms with van der Waals surface area (Å²) in [7, 11) is 0. The van der Waals surface area contributed by atoms with Gasteiger partial charge >= 0.3 is 5.69 Å². The van der Waals surface area contributed by atoms with Crippen molar-refractivity contribution in [2.24, 2.45) is 5.84 Å². The van der Waals surface area contributed by atoms with Crippen LogP contribution in [0.5, 0.6) is 0 Å². The summed E-state index contributed by atoms with van der Waals surface area (Å²) >= 11 is 0. The minimum Gasteiger partial charge on any atom is -0.357 e. The highest BCUT2D eigenvalue weighted by atomic mass is 16.6. The van der Waals surface area contributed by atoms with Gasteiger partial charge in [-0.25, -0.2) is 10.8 Å². The largest absolute Gasteiger partial charge is 0.357 e. The highest BCUT2D eigenvalue weighted by Gasteiger charge is 2.17. The maximum absolute atomic E-state index is 10.8. The van der Waals surface area contributed by atoms with E-state index in [1.54, 1.807) is 6.92 Å². The molecule has 0 bridgehead atoms. The molecule has 0 aliphatic carbocycles. The van der Waals surface area contributed by atoms with Crippen molar-refractivity contribution in [2.75, 3.05) is 10.7 Å². The number of nitrogens with one attached hydrogen (secondary N) is 2. The van der Waals surface area contributed by atoms with Crippen LogP contribution >= 0.6 is 0 Å². The third kappa shape index (κ3) is 2.90. The maximum Gasteiger partial charge on any atom is 0.329 e. The monoisotopic (exact) mass is 266 g/mol. The molecule has 0 aliphatic rings. The van der Waals surface area contributed by atoms with Gasteiger partial charge in [-0.2, -0.15) is 9.97 Å². The molecule has 0 amide bonds. The van der Waals surface area contributed by atoms with Crippen molar-refractivity contribution in [2.45, 2.75) is 13.5 Å². The van der Waals surface area contributed by atoms with E-state index in [0.29, 0.717) is 11.7 Å². The van der Waals surface area contributed by atoms with Crippen LogP contribution in [0, 0.1) is 17.0 Å². The Hall–Kier alpha value is -2.82. The van der Waals surface area contributed by atoms with Crippen LogP contribution in [-0.4, -0.2) is 25.0 Å². The lowest BCUT2D eigenvalue weighted by atomic mass is 10.4. The summed E-state index contributed by atoms with van der Waals surface area (Å²) in [5.74, 6) is 5.96. The Morgan fingerprint density at radius 3 is 2.89 bits per heavy atom. The van der Waals surface area contributed by atoms with Crippen LogP contribution in [0.3, 0.4) is 0 Å². The number of nitro groups is 1. The van der Waals surface area contributed by atoms with Crippen molar-refractivity contribution in [1.29, 1.82) is 0 Å². The van der Waals surface area contributed by atoms with Gasteiger partial charge in [-0.05, 0) is 0 Å². The van der Waals surface area contributed by atoms with Crippen molar-refractivity contribution in [3.8, 4) is 0 Å². The van der Waals surface area contributed by atoms with E-state index in [9.17, 15) is 10.1 Å². The summed E-state index contributed by atoms with van der Waals surface area (Å²) in [5.41, 5.74) is 1.92. The van der Waals surface area contributed by atoms with Gasteiger partial charge in [-0.3, -0.25) is 15.5 Å². The van der Waals surface area contributed by atoms with Crippen LogP contribution in [0.15, 0.2) is 10.7 Å². The van der Waals surface area contributed by atoms with E-state index in [1.165, 1.54) is 0 Å². The molecule has 0 radical (unpaired) electrons. The second-order valence-electron chi connectivity index (χ2n) is 3.41. The normalized spacial score (nSPS) is 10.2. The number of nitrogens with zero attached hydrogens (tertiary/aromatic N) is 5. The Balaban J connectivity index is 2.19. The first-order chi connectivity index (χ1) is 9.10. The molecule has 0 fully saturated rings. The molecule has 0 unspecified atom stereocenters. The summed E-state index contributed by atoms with van der Waals surface area (Å²) in [6.45, 7) is 1.76. The van der Waals surface area contributed by atoms with Gasteiger partial charge in [0.15, 0.2) is 5.82 Å². The second-order valence-corrected chi connectivity index (χ2v) is 3.41.